The minimum absolute atomic E-state index is 0.217. The van der Waals surface area contributed by atoms with E-state index < -0.39 is 0 Å². The van der Waals surface area contributed by atoms with Crippen molar-refractivity contribution in [3.8, 4) is 0 Å². The van der Waals surface area contributed by atoms with Gasteiger partial charge in [-0.1, -0.05) is 13.8 Å². The van der Waals surface area contributed by atoms with Gasteiger partial charge in [-0.3, -0.25) is 4.79 Å². The maximum Gasteiger partial charge on any atom is 0.323 e. The normalized spacial score (nSPS) is 12.8. The van der Waals surface area contributed by atoms with Gasteiger partial charge in [-0.15, -0.1) is 0 Å². The number of carbonyl (C=O) groups excluding carboxylic acids is 1. The highest BCUT2D eigenvalue weighted by atomic mass is 16.5. The lowest BCUT2D eigenvalue weighted by atomic mass is 10.1. The van der Waals surface area contributed by atoms with Gasteiger partial charge in [0.1, 0.15) is 6.04 Å². The lowest BCUT2D eigenvalue weighted by Gasteiger charge is -2.18. The van der Waals surface area contributed by atoms with Crippen molar-refractivity contribution in [1.29, 1.82) is 0 Å². The van der Waals surface area contributed by atoms with Crippen molar-refractivity contribution in [3.05, 3.63) is 18.2 Å². The van der Waals surface area contributed by atoms with Crippen molar-refractivity contribution in [1.82, 2.24) is 15.3 Å². The lowest BCUT2D eigenvalue weighted by molar-refractivity contribution is -0.145. The molecule has 0 saturated carbocycles. The van der Waals surface area contributed by atoms with Crippen LogP contribution in [0.2, 0.25) is 0 Å². The van der Waals surface area contributed by atoms with E-state index in [1.807, 2.05) is 13.8 Å². The number of hydrogen-bond donors (Lipinski definition) is 2. The van der Waals surface area contributed by atoms with Crippen molar-refractivity contribution in [2.75, 3.05) is 6.61 Å². The molecule has 0 fully saturated rings. The second-order valence-corrected chi connectivity index (χ2v) is 3.91. The predicted molar refractivity (Wildman–Crippen MR) is 61.0 cm³/mol. The maximum absolute atomic E-state index is 11.7. The molecule has 5 nitrogen and oxygen atoms in total. The number of nitrogens with zero attached hydrogens (tertiary/aromatic N) is 1. The van der Waals surface area contributed by atoms with E-state index in [0.717, 1.165) is 5.69 Å². The van der Waals surface area contributed by atoms with Gasteiger partial charge in [-0.05, 0) is 6.92 Å². The Morgan fingerprint density at radius 1 is 1.62 bits per heavy atom. The molecule has 1 rings (SSSR count). The largest absolute Gasteiger partial charge is 0.465 e. The van der Waals surface area contributed by atoms with Crippen LogP contribution in [0.1, 0.15) is 26.5 Å². The Morgan fingerprint density at radius 2 is 2.38 bits per heavy atom. The third-order valence-corrected chi connectivity index (χ3v) is 2.08. The zero-order chi connectivity index (χ0) is 12.0. The molecule has 0 aliphatic heterocycles. The fourth-order valence-corrected chi connectivity index (χ4v) is 1.47. The van der Waals surface area contributed by atoms with Gasteiger partial charge in [0, 0.05) is 24.4 Å². The Bertz CT molecular complexity index is 309. The Kier molecular flexibility index (Phi) is 4.98. The van der Waals surface area contributed by atoms with Gasteiger partial charge < -0.3 is 15.0 Å². The molecule has 1 unspecified atom stereocenters. The zero-order valence-electron chi connectivity index (χ0n) is 9.99. The molecular weight excluding hydrogens is 206 g/mol. The fraction of sp³-hybridized carbons (Fsp3) is 0.636. The van der Waals surface area contributed by atoms with Crippen molar-refractivity contribution < 1.29 is 9.53 Å². The highest BCUT2D eigenvalue weighted by Crippen LogP contribution is 2.02. The Balaban J connectivity index is 2.59. The molecule has 1 heterocycles. The molecule has 1 aromatic heterocycles. The minimum Gasteiger partial charge on any atom is -0.465 e. The maximum atomic E-state index is 11.7. The van der Waals surface area contributed by atoms with E-state index >= 15 is 0 Å². The first-order valence-electron chi connectivity index (χ1n) is 5.53. The number of hydrogen-bond acceptors (Lipinski definition) is 4. The predicted octanol–water partition coefficient (Wildman–Crippen LogP) is 0.882. The highest BCUT2D eigenvalue weighted by Gasteiger charge is 2.21. The van der Waals surface area contributed by atoms with E-state index in [9.17, 15) is 4.79 Å². The number of esters is 1. The van der Waals surface area contributed by atoms with E-state index in [4.69, 9.17) is 4.74 Å². The summed E-state index contributed by atoms with van der Waals surface area (Å²) in [6.45, 7) is 6.21. The van der Waals surface area contributed by atoms with Crippen LogP contribution >= 0.6 is 0 Å². The third kappa shape index (κ3) is 4.02. The number of rotatable bonds is 6. The van der Waals surface area contributed by atoms with E-state index in [0.29, 0.717) is 13.0 Å². The summed E-state index contributed by atoms with van der Waals surface area (Å²) >= 11 is 0. The summed E-state index contributed by atoms with van der Waals surface area (Å²) in [5, 5.41) is 3.18. The van der Waals surface area contributed by atoms with E-state index in [2.05, 4.69) is 15.3 Å². The molecule has 0 spiro atoms. The number of carbonyl (C=O) groups is 1. The number of aromatic nitrogens is 2. The van der Waals surface area contributed by atoms with Crippen LogP contribution in [0.3, 0.4) is 0 Å². The van der Waals surface area contributed by atoms with Crippen LogP contribution in [-0.2, 0) is 16.0 Å². The van der Waals surface area contributed by atoms with Crippen molar-refractivity contribution in [3.63, 3.8) is 0 Å². The minimum atomic E-state index is -0.319. The van der Waals surface area contributed by atoms with Crippen LogP contribution in [0.4, 0.5) is 0 Å². The highest BCUT2D eigenvalue weighted by molar-refractivity contribution is 5.76. The van der Waals surface area contributed by atoms with Crippen LogP contribution in [0.5, 0.6) is 0 Å². The second kappa shape index (κ2) is 6.27. The van der Waals surface area contributed by atoms with Gasteiger partial charge in [-0.25, -0.2) is 4.98 Å². The quantitative estimate of drug-likeness (QED) is 0.705. The molecule has 0 bridgehead atoms. The number of nitrogens with one attached hydrogen (secondary N) is 2. The summed E-state index contributed by atoms with van der Waals surface area (Å²) in [5.74, 6) is -0.217. The number of aromatic amines is 1. The Morgan fingerprint density at radius 3 is 2.88 bits per heavy atom. The first-order chi connectivity index (χ1) is 7.63. The number of ether oxygens (including phenoxy) is 1. The molecule has 2 N–H and O–H groups in total. The smallest absolute Gasteiger partial charge is 0.323 e. The molecular formula is C11H19N3O2. The van der Waals surface area contributed by atoms with Gasteiger partial charge in [0.25, 0.3) is 0 Å². The van der Waals surface area contributed by atoms with Crippen LogP contribution in [0.15, 0.2) is 12.5 Å². The first kappa shape index (κ1) is 12.7. The van der Waals surface area contributed by atoms with Crippen LogP contribution in [0, 0.1) is 0 Å². The molecule has 16 heavy (non-hydrogen) atoms. The second-order valence-electron chi connectivity index (χ2n) is 3.91. The Labute approximate surface area is 95.6 Å². The van der Waals surface area contributed by atoms with Gasteiger partial charge >= 0.3 is 5.97 Å². The zero-order valence-corrected chi connectivity index (χ0v) is 9.99. The van der Waals surface area contributed by atoms with Crippen molar-refractivity contribution in [2.24, 2.45) is 0 Å². The van der Waals surface area contributed by atoms with Gasteiger partial charge in [0.05, 0.1) is 12.9 Å². The molecule has 1 atom stereocenters. The molecule has 0 aliphatic rings. The van der Waals surface area contributed by atoms with Crippen molar-refractivity contribution in [2.45, 2.75) is 39.3 Å². The molecule has 90 valence electrons. The van der Waals surface area contributed by atoms with Gasteiger partial charge in [-0.2, -0.15) is 0 Å². The molecule has 0 radical (unpaired) electrons. The summed E-state index contributed by atoms with van der Waals surface area (Å²) < 4.78 is 5.02. The average molecular weight is 225 g/mol. The molecule has 0 aromatic carbocycles. The third-order valence-electron chi connectivity index (χ3n) is 2.08. The van der Waals surface area contributed by atoms with Gasteiger partial charge in [0.15, 0.2) is 0 Å². The monoisotopic (exact) mass is 225 g/mol. The van der Waals surface area contributed by atoms with E-state index in [-0.39, 0.29) is 18.1 Å². The summed E-state index contributed by atoms with van der Waals surface area (Å²) in [6, 6.07) is -0.0854. The van der Waals surface area contributed by atoms with Crippen LogP contribution < -0.4 is 5.32 Å². The Hall–Kier alpha value is -1.36. The van der Waals surface area contributed by atoms with Crippen LogP contribution in [0.25, 0.3) is 0 Å². The van der Waals surface area contributed by atoms with E-state index in [1.165, 1.54) is 0 Å². The standard InChI is InChI=1S/C11H19N3O2/c1-4-16-11(15)10(14-8(2)3)5-9-6-12-7-13-9/h6-8,10,14H,4-5H2,1-3H3,(H,12,13). The average Bonchev–Trinajstić information content (AvgIpc) is 2.69. The molecule has 0 aliphatic carbocycles. The summed E-state index contributed by atoms with van der Waals surface area (Å²) in [7, 11) is 0. The first-order valence-corrected chi connectivity index (χ1v) is 5.53. The number of H-pyrrole nitrogens is 1. The van der Waals surface area contributed by atoms with Crippen LogP contribution in [-0.4, -0.2) is 34.6 Å². The van der Waals surface area contributed by atoms with Crippen molar-refractivity contribution >= 4 is 5.97 Å². The summed E-state index contributed by atoms with van der Waals surface area (Å²) in [4.78, 5) is 18.6. The lowest BCUT2D eigenvalue weighted by Crippen LogP contribution is -2.43. The molecule has 5 heteroatoms. The van der Waals surface area contributed by atoms with E-state index in [1.54, 1.807) is 19.4 Å². The molecule has 1 aromatic rings. The molecule has 0 saturated heterocycles. The summed E-state index contributed by atoms with van der Waals surface area (Å²) in [5.41, 5.74) is 0.922. The molecule has 0 amide bonds. The SMILES string of the molecule is CCOC(=O)C(Cc1cnc[nH]1)NC(C)C. The van der Waals surface area contributed by atoms with Gasteiger partial charge in [0.2, 0.25) is 0 Å². The summed E-state index contributed by atoms with van der Waals surface area (Å²) in [6.07, 6.45) is 3.89. The fourth-order valence-electron chi connectivity index (χ4n) is 1.47. The number of imidazole rings is 1. The topological polar surface area (TPSA) is 67.0 Å².